The van der Waals surface area contributed by atoms with Crippen LogP contribution in [-0.4, -0.2) is 29.7 Å². The summed E-state index contributed by atoms with van der Waals surface area (Å²) in [4.78, 5) is 0.170. The second-order valence-corrected chi connectivity index (χ2v) is 8.07. The molecule has 7 heteroatoms. The van der Waals surface area contributed by atoms with E-state index >= 15 is 0 Å². The van der Waals surface area contributed by atoms with E-state index in [2.05, 4.69) is 0 Å². The third-order valence-corrected chi connectivity index (χ3v) is 6.26. The molecule has 3 aromatic rings. The van der Waals surface area contributed by atoms with E-state index in [0.717, 1.165) is 5.56 Å². The summed E-state index contributed by atoms with van der Waals surface area (Å²) in [6.45, 7) is 0.171. The summed E-state index contributed by atoms with van der Waals surface area (Å²) in [7, 11) is 0.746. The smallest absolute Gasteiger partial charge is 0.264 e. The van der Waals surface area contributed by atoms with Crippen LogP contribution in [-0.2, 0) is 16.6 Å². The second kappa shape index (κ2) is 8.87. The predicted molar refractivity (Wildman–Crippen MR) is 112 cm³/mol. The lowest BCUT2D eigenvalue weighted by molar-refractivity contribution is 0.355. The molecule has 0 aliphatic rings. The van der Waals surface area contributed by atoms with E-state index in [4.69, 9.17) is 14.2 Å². The van der Waals surface area contributed by atoms with E-state index in [-0.39, 0.29) is 11.4 Å². The zero-order valence-electron chi connectivity index (χ0n) is 16.5. The minimum absolute atomic E-state index is 0.170. The molecule has 3 rings (SSSR count). The van der Waals surface area contributed by atoms with Gasteiger partial charge in [-0.2, -0.15) is 0 Å². The number of hydrogen-bond acceptors (Lipinski definition) is 5. The zero-order valence-corrected chi connectivity index (χ0v) is 17.3. The van der Waals surface area contributed by atoms with Crippen molar-refractivity contribution in [1.29, 1.82) is 0 Å². The highest BCUT2D eigenvalue weighted by Gasteiger charge is 2.26. The van der Waals surface area contributed by atoms with E-state index in [9.17, 15) is 8.42 Å². The first-order chi connectivity index (χ1) is 14.0. The van der Waals surface area contributed by atoms with Gasteiger partial charge < -0.3 is 14.2 Å². The number of sulfonamides is 1. The highest BCUT2D eigenvalue weighted by molar-refractivity contribution is 7.92. The van der Waals surface area contributed by atoms with Crippen molar-refractivity contribution in [2.75, 3.05) is 25.6 Å². The quantitative estimate of drug-likeness (QED) is 0.556. The number of anilines is 1. The van der Waals surface area contributed by atoms with Gasteiger partial charge in [-0.1, -0.05) is 30.3 Å². The van der Waals surface area contributed by atoms with Gasteiger partial charge in [-0.3, -0.25) is 4.31 Å². The Morgan fingerprint density at radius 1 is 0.759 bits per heavy atom. The van der Waals surface area contributed by atoms with Gasteiger partial charge in [-0.25, -0.2) is 8.42 Å². The highest BCUT2D eigenvalue weighted by atomic mass is 32.2. The minimum Gasteiger partial charge on any atom is -0.497 e. The normalized spacial score (nSPS) is 11.0. The molecule has 0 heterocycles. The maximum absolute atomic E-state index is 13.5. The van der Waals surface area contributed by atoms with Crippen LogP contribution in [0.4, 0.5) is 5.69 Å². The molecule has 0 fully saturated rings. The first-order valence-electron chi connectivity index (χ1n) is 8.92. The van der Waals surface area contributed by atoms with E-state index < -0.39 is 10.0 Å². The summed E-state index contributed by atoms with van der Waals surface area (Å²) < 4.78 is 44.1. The van der Waals surface area contributed by atoms with Crippen molar-refractivity contribution in [2.45, 2.75) is 11.4 Å². The lowest BCUT2D eigenvalue weighted by Gasteiger charge is -2.25. The van der Waals surface area contributed by atoms with Gasteiger partial charge in [0.1, 0.15) is 5.75 Å². The molecule has 0 saturated carbocycles. The van der Waals surface area contributed by atoms with Gasteiger partial charge in [-0.15, -0.1) is 0 Å². The highest BCUT2D eigenvalue weighted by Crippen LogP contribution is 2.34. The fourth-order valence-electron chi connectivity index (χ4n) is 2.92. The van der Waals surface area contributed by atoms with E-state index in [1.165, 1.54) is 37.8 Å². The SMILES string of the molecule is COc1ccc(S(=O)(=O)N(Cc2ccccc2)c2ccc(OC)c(OC)c2)cc1. The van der Waals surface area contributed by atoms with Gasteiger partial charge in [0.2, 0.25) is 0 Å². The summed E-state index contributed by atoms with van der Waals surface area (Å²) in [6.07, 6.45) is 0. The molecule has 0 spiro atoms. The van der Waals surface area contributed by atoms with Gasteiger partial charge in [0, 0.05) is 6.07 Å². The van der Waals surface area contributed by atoms with Crippen molar-refractivity contribution < 1.29 is 22.6 Å². The maximum Gasteiger partial charge on any atom is 0.264 e. The molecule has 0 atom stereocenters. The van der Waals surface area contributed by atoms with Crippen LogP contribution in [0.2, 0.25) is 0 Å². The molecule has 0 radical (unpaired) electrons. The van der Waals surface area contributed by atoms with Gasteiger partial charge >= 0.3 is 0 Å². The van der Waals surface area contributed by atoms with Gasteiger partial charge in [0.25, 0.3) is 10.0 Å². The molecule has 0 aliphatic heterocycles. The van der Waals surface area contributed by atoms with Crippen LogP contribution >= 0.6 is 0 Å². The molecular formula is C22H23NO5S. The van der Waals surface area contributed by atoms with Crippen LogP contribution < -0.4 is 18.5 Å². The van der Waals surface area contributed by atoms with E-state index in [1.54, 1.807) is 30.3 Å². The van der Waals surface area contributed by atoms with Gasteiger partial charge in [0.15, 0.2) is 11.5 Å². The first kappa shape index (κ1) is 20.5. The molecule has 0 bridgehead atoms. The lowest BCUT2D eigenvalue weighted by atomic mass is 10.2. The van der Waals surface area contributed by atoms with Crippen molar-refractivity contribution >= 4 is 15.7 Å². The number of hydrogen-bond donors (Lipinski definition) is 0. The molecule has 0 aliphatic carbocycles. The molecule has 29 heavy (non-hydrogen) atoms. The lowest BCUT2D eigenvalue weighted by Crippen LogP contribution is -2.30. The number of methoxy groups -OCH3 is 3. The minimum atomic E-state index is -3.84. The Bertz CT molecular complexity index is 1050. The number of rotatable bonds is 8. The summed E-state index contributed by atoms with van der Waals surface area (Å²) in [5.41, 5.74) is 1.33. The Morgan fingerprint density at radius 2 is 1.41 bits per heavy atom. The molecule has 3 aromatic carbocycles. The Hall–Kier alpha value is -3.19. The molecular weight excluding hydrogens is 390 g/mol. The van der Waals surface area contributed by atoms with E-state index in [1.807, 2.05) is 30.3 Å². The standard InChI is InChI=1S/C22H23NO5S/c1-26-19-10-12-20(13-11-19)29(24,25)23(16-17-7-5-4-6-8-17)18-9-14-21(27-2)22(15-18)28-3/h4-15H,16H2,1-3H3. The van der Waals surface area contributed by atoms with Crippen LogP contribution in [0.3, 0.4) is 0 Å². The second-order valence-electron chi connectivity index (χ2n) is 6.21. The Balaban J connectivity index is 2.09. The van der Waals surface area contributed by atoms with Gasteiger partial charge in [0.05, 0.1) is 38.5 Å². The fraction of sp³-hybridized carbons (Fsp3) is 0.182. The maximum atomic E-state index is 13.5. The average Bonchev–Trinajstić information content (AvgIpc) is 2.77. The molecule has 0 saturated heterocycles. The summed E-state index contributed by atoms with van der Waals surface area (Å²) >= 11 is 0. The molecule has 0 N–H and O–H groups in total. The van der Waals surface area contributed by atoms with Crippen LogP contribution in [0.15, 0.2) is 77.7 Å². The van der Waals surface area contributed by atoms with Crippen molar-refractivity contribution in [3.05, 3.63) is 78.4 Å². The Kier molecular flexibility index (Phi) is 6.29. The van der Waals surface area contributed by atoms with Crippen molar-refractivity contribution in [1.82, 2.24) is 0 Å². The topological polar surface area (TPSA) is 65.1 Å². The molecule has 152 valence electrons. The molecule has 0 aromatic heterocycles. The molecule has 0 amide bonds. The average molecular weight is 413 g/mol. The Labute approximate surface area is 171 Å². The molecule has 6 nitrogen and oxygen atoms in total. The number of nitrogens with zero attached hydrogens (tertiary/aromatic N) is 1. The van der Waals surface area contributed by atoms with Crippen molar-refractivity contribution in [2.24, 2.45) is 0 Å². The number of benzene rings is 3. The van der Waals surface area contributed by atoms with Crippen LogP contribution in [0.5, 0.6) is 17.2 Å². The summed E-state index contributed by atoms with van der Waals surface area (Å²) in [5.74, 6) is 1.57. The third kappa shape index (κ3) is 4.46. The van der Waals surface area contributed by atoms with Gasteiger partial charge in [-0.05, 0) is 42.0 Å². The Morgan fingerprint density at radius 3 is 2.00 bits per heavy atom. The van der Waals surface area contributed by atoms with Crippen LogP contribution in [0, 0.1) is 0 Å². The van der Waals surface area contributed by atoms with Crippen molar-refractivity contribution in [3.8, 4) is 17.2 Å². The van der Waals surface area contributed by atoms with E-state index in [0.29, 0.717) is 22.9 Å². The molecule has 0 unspecified atom stereocenters. The number of ether oxygens (including phenoxy) is 3. The van der Waals surface area contributed by atoms with Crippen LogP contribution in [0.25, 0.3) is 0 Å². The fourth-order valence-corrected chi connectivity index (χ4v) is 4.36. The summed E-state index contributed by atoms with van der Waals surface area (Å²) in [5, 5.41) is 0. The third-order valence-electron chi connectivity index (χ3n) is 4.47. The van der Waals surface area contributed by atoms with Crippen molar-refractivity contribution in [3.63, 3.8) is 0 Å². The first-order valence-corrected chi connectivity index (χ1v) is 10.4. The largest absolute Gasteiger partial charge is 0.497 e. The monoisotopic (exact) mass is 413 g/mol. The van der Waals surface area contributed by atoms with Crippen LogP contribution in [0.1, 0.15) is 5.56 Å². The zero-order chi connectivity index (χ0) is 20.9. The summed E-state index contributed by atoms with van der Waals surface area (Å²) in [6, 6.07) is 20.8. The predicted octanol–water partition coefficient (Wildman–Crippen LogP) is 4.11.